The molecule has 1 aromatic rings. The van der Waals surface area contributed by atoms with Gasteiger partial charge >= 0.3 is 6.03 Å². The summed E-state index contributed by atoms with van der Waals surface area (Å²) in [6.45, 7) is 1.76. The fraction of sp³-hybridized carbons (Fsp3) is 0.300. The SMILES string of the molecule is CCN(C)C(=O)Nc1c(F)c(F)c(F)c(F)c1F. The predicted molar refractivity (Wildman–Crippen MR) is 53.6 cm³/mol. The highest BCUT2D eigenvalue weighted by Gasteiger charge is 2.27. The lowest BCUT2D eigenvalue weighted by molar-refractivity contribution is 0.224. The fourth-order valence-electron chi connectivity index (χ4n) is 1.06. The summed E-state index contributed by atoms with van der Waals surface area (Å²) in [4.78, 5) is 12.3. The van der Waals surface area contributed by atoms with Crippen molar-refractivity contribution in [3.8, 4) is 0 Å². The lowest BCUT2D eigenvalue weighted by atomic mass is 10.2. The standard InChI is InChI=1S/C10H9F5N2O/c1-3-17(2)10(18)16-9-7(14)5(12)4(11)6(13)8(9)15/h3H2,1-2H3,(H,16,18). The summed E-state index contributed by atoms with van der Waals surface area (Å²) in [5.74, 6) is -10.6. The normalized spacial score (nSPS) is 10.4. The van der Waals surface area contributed by atoms with Crippen LogP contribution in [0.1, 0.15) is 6.92 Å². The van der Waals surface area contributed by atoms with Crippen molar-refractivity contribution < 1.29 is 26.7 Å². The molecule has 0 fully saturated rings. The van der Waals surface area contributed by atoms with Crippen LogP contribution in [-0.4, -0.2) is 24.5 Å². The van der Waals surface area contributed by atoms with Gasteiger partial charge in [-0.1, -0.05) is 0 Å². The Kier molecular flexibility index (Phi) is 4.10. The smallest absolute Gasteiger partial charge is 0.321 e. The molecule has 0 bridgehead atoms. The number of halogens is 5. The molecule has 18 heavy (non-hydrogen) atoms. The largest absolute Gasteiger partial charge is 0.328 e. The second kappa shape index (κ2) is 5.19. The molecule has 1 N–H and O–H groups in total. The number of hydrogen-bond acceptors (Lipinski definition) is 1. The first kappa shape index (κ1) is 14.2. The molecular formula is C10H9F5N2O. The van der Waals surface area contributed by atoms with Crippen LogP contribution in [0.3, 0.4) is 0 Å². The van der Waals surface area contributed by atoms with Crippen molar-refractivity contribution in [3.05, 3.63) is 29.1 Å². The van der Waals surface area contributed by atoms with Crippen molar-refractivity contribution in [2.75, 3.05) is 18.9 Å². The van der Waals surface area contributed by atoms with E-state index in [1.165, 1.54) is 7.05 Å². The van der Waals surface area contributed by atoms with E-state index in [4.69, 9.17) is 0 Å². The number of nitrogens with one attached hydrogen (secondary N) is 1. The molecule has 100 valence electrons. The first-order valence-corrected chi connectivity index (χ1v) is 4.84. The van der Waals surface area contributed by atoms with Crippen LogP contribution in [0.25, 0.3) is 0 Å². The van der Waals surface area contributed by atoms with E-state index >= 15 is 0 Å². The number of rotatable bonds is 2. The van der Waals surface area contributed by atoms with Gasteiger partial charge in [0.25, 0.3) is 0 Å². The van der Waals surface area contributed by atoms with Crippen molar-refractivity contribution in [2.24, 2.45) is 0 Å². The number of amides is 2. The Balaban J connectivity index is 3.22. The summed E-state index contributed by atoms with van der Waals surface area (Å²) in [5.41, 5.74) is -1.36. The minimum Gasteiger partial charge on any atom is -0.328 e. The number of carbonyl (C=O) groups excluding carboxylic acids is 1. The van der Waals surface area contributed by atoms with Crippen molar-refractivity contribution in [1.29, 1.82) is 0 Å². The topological polar surface area (TPSA) is 32.3 Å². The first-order chi connectivity index (χ1) is 8.31. The molecule has 0 radical (unpaired) electrons. The summed E-state index contributed by atoms with van der Waals surface area (Å²) in [6, 6.07) is -0.985. The van der Waals surface area contributed by atoms with E-state index in [0.29, 0.717) is 0 Å². The van der Waals surface area contributed by atoms with Gasteiger partial charge in [-0.2, -0.15) is 0 Å². The van der Waals surface area contributed by atoms with E-state index in [1.54, 1.807) is 12.2 Å². The number of hydrogen-bond donors (Lipinski definition) is 1. The van der Waals surface area contributed by atoms with Crippen LogP contribution in [0.15, 0.2) is 0 Å². The van der Waals surface area contributed by atoms with Crippen LogP contribution >= 0.6 is 0 Å². The highest BCUT2D eigenvalue weighted by Crippen LogP contribution is 2.27. The number of nitrogens with zero attached hydrogens (tertiary/aromatic N) is 1. The van der Waals surface area contributed by atoms with Crippen molar-refractivity contribution in [2.45, 2.75) is 6.92 Å². The van der Waals surface area contributed by atoms with E-state index in [9.17, 15) is 26.7 Å². The molecular weight excluding hydrogens is 259 g/mol. The molecule has 0 spiro atoms. The predicted octanol–water partition coefficient (Wildman–Crippen LogP) is 2.87. The zero-order chi connectivity index (χ0) is 14.0. The third-order valence-corrected chi connectivity index (χ3v) is 2.26. The molecule has 0 saturated carbocycles. The molecule has 3 nitrogen and oxygen atoms in total. The number of anilines is 1. The van der Waals surface area contributed by atoms with Crippen LogP contribution in [0, 0.1) is 29.1 Å². The second-order valence-electron chi connectivity index (χ2n) is 3.39. The molecule has 1 rings (SSSR count). The average Bonchev–Trinajstić information content (AvgIpc) is 2.37. The molecule has 0 unspecified atom stereocenters. The van der Waals surface area contributed by atoms with Gasteiger partial charge in [0.05, 0.1) is 0 Å². The molecule has 0 aliphatic rings. The summed E-state index contributed by atoms with van der Waals surface area (Å²) in [7, 11) is 1.29. The first-order valence-electron chi connectivity index (χ1n) is 4.84. The molecule has 0 aromatic heterocycles. The molecule has 8 heteroatoms. The Morgan fingerprint density at radius 1 is 1.00 bits per heavy atom. The maximum Gasteiger partial charge on any atom is 0.321 e. The molecule has 2 amide bonds. The van der Waals surface area contributed by atoms with Gasteiger partial charge < -0.3 is 10.2 Å². The van der Waals surface area contributed by atoms with E-state index in [1.807, 2.05) is 0 Å². The third-order valence-electron chi connectivity index (χ3n) is 2.26. The van der Waals surface area contributed by atoms with Crippen LogP contribution in [0.2, 0.25) is 0 Å². The molecule has 1 aromatic carbocycles. The number of carbonyl (C=O) groups is 1. The Labute approximate surface area is 99.2 Å². The van der Waals surface area contributed by atoms with Gasteiger partial charge in [0.2, 0.25) is 5.82 Å². The number of benzene rings is 1. The molecule has 0 aliphatic heterocycles. The molecule has 0 saturated heterocycles. The van der Waals surface area contributed by atoms with Crippen LogP contribution < -0.4 is 5.32 Å². The zero-order valence-corrected chi connectivity index (χ0v) is 9.45. The van der Waals surface area contributed by atoms with Gasteiger partial charge in [0.15, 0.2) is 23.3 Å². The van der Waals surface area contributed by atoms with Gasteiger partial charge in [-0.3, -0.25) is 0 Å². The Bertz CT molecular complexity index is 463. The Hall–Kier alpha value is -1.86. The van der Waals surface area contributed by atoms with E-state index < -0.39 is 40.8 Å². The monoisotopic (exact) mass is 268 g/mol. The molecule has 0 heterocycles. The van der Waals surface area contributed by atoms with Gasteiger partial charge in [-0.05, 0) is 6.92 Å². The lowest BCUT2D eigenvalue weighted by Crippen LogP contribution is -2.32. The highest BCUT2D eigenvalue weighted by molar-refractivity contribution is 5.89. The minimum atomic E-state index is -2.27. The highest BCUT2D eigenvalue weighted by atomic mass is 19.2. The number of urea groups is 1. The van der Waals surface area contributed by atoms with Gasteiger partial charge in [-0.15, -0.1) is 0 Å². The van der Waals surface area contributed by atoms with Crippen molar-refractivity contribution >= 4 is 11.7 Å². The van der Waals surface area contributed by atoms with Crippen LogP contribution in [0.5, 0.6) is 0 Å². The van der Waals surface area contributed by atoms with Crippen molar-refractivity contribution in [1.82, 2.24) is 4.90 Å². The summed E-state index contributed by atoms with van der Waals surface area (Å²) < 4.78 is 64.7. The van der Waals surface area contributed by atoms with E-state index in [2.05, 4.69) is 0 Å². The van der Waals surface area contributed by atoms with Gasteiger partial charge in [0, 0.05) is 13.6 Å². The fourth-order valence-corrected chi connectivity index (χ4v) is 1.06. The quantitative estimate of drug-likeness (QED) is 0.499. The van der Waals surface area contributed by atoms with Crippen LogP contribution in [0.4, 0.5) is 32.4 Å². The Morgan fingerprint density at radius 2 is 1.39 bits per heavy atom. The summed E-state index contributed by atoms with van der Waals surface area (Å²) in [5, 5.41) is 1.63. The zero-order valence-electron chi connectivity index (χ0n) is 9.45. The lowest BCUT2D eigenvalue weighted by Gasteiger charge is -2.16. The molecule has 0 aliphatic carbocycles. The van der Waals surface area contributed by atoms with E-state index in [0.717, 1.165) is 4.90 Å². The second-order valence-corrected chi connectivity index (χ2v) is 3.39. The van der Waals surface area contributed by atoms with Crippen molar-refractivity contribution in [3.63, 3.8) is 0 Å². The summed E-state index contributed by atoms with van der Waals surface area (Å²) in [6.07, 6.45) is 0. The third kappa shape index (κ3) is 2.36. The maximum absolute atomic E-state index is 13.2. The Morgan fingerprint density at radius 3 is 1.78 bits per heavy atom. The summed E-state index contributed by atoms with van der Waals surface area (Å²) >= 11 is 0. The average molecular weight is 268 g/mol. The van der Waals surface area contributed by atoms with Gasteiger partial charge in [-0.25, -0.2) is 26.7 Å². The van der Waals surface area contributed by atoms with E-state index in [-0.39, 0.29) is 6.54 Å². The van der Waals surface area contributed by atoms with Gasteiger partial charge in [0.1, 0.15) is 5.69 Å². The molecule has 0 atom stereocenters. The minimum absolute atomic E-state index is 0.196. The van der Waals surface area contributed by atoms with Crippen LogP contribution in [-0.2, 0) is 0 Å². The maximum atomic E-state index is 13.2.